The molecule has 8 heteroatoms. The van der Waals surface area contributed by atoms with Gasteiger partial charge in [-0.15, -0.1) is 0 Å². The molecule has 2 heterocycles. The van der Waals surface area contributed by atoms with Gasteiger partial charge in [0.1, 0.15) is 16.9 Å². The Labute approximate surface area is 146 Å². The molecular weight excluding hydrogens is 384 g/mol. The van der Waals surface area contributed by atoms with Gasteiger partial charge >= 0.3 is 0 Å². The standard InChI is InChI=1S/C15H12BrClN4O2/c1-9(18-2)20-15(22)12-6-11(17)10(7-19-12)8-23-14-5-3-4-13(16)21-14/h3-7,9H,8H2,1H3,(H,20,22)/t9-/m0/s1. The van der Waals surface area contributed by atoms with Crippen LogP contribution in [0, 0.1) is 6.57 Å². The van der Waals surface area contributed by atoms with Crippen LogP contribution in [0.5, 0.6) is 5.88 Å². The lowest BCUT2D eigenvalue weighted by Crippen LogP contribution is -2.30. The molecule has 1 amide bonds. The van der Waals surface area contributed by atoms with Crippen molar-refractivity contribution >= 4 is 33.4 Å². The zero-order valence-electron chi connectivity index (χ0n) is 12.1. The molecule has 6 nitrogen and oxygen atoms in total. The molecule has 0 aromatic carbocycles. The number of carbonyl (C=O) groups excluding carboxylic acids is 1. The van der Waals surface area contributed by atoms with E-state index in [1.54, 1.807) is 25.1 Å². The Morgan fingerprint density at radius 1 is 1.57 bits per heavy atom. The number of nitrogens with one attached hydrogen (secondary N) is 1. The van der Waals surface area contributed by atoms with Crippen LogP contribution in [0.3, 0.4) is 0 Å². The summed E-state index contributed by atoms with van der Waals surface area (Å²) in [6, 6.07) is 6.76. The molecule has 0 saturated carbocycles. The number of pyridine rings is 2. The quantitative estimate of drug-likeness (QED) is 0.622. The molecule has 2 rings (SSSR count). The minimum atomic E-state index is -0.617. The molecule has 0 unspecified atom stereocenters. The Balaban J connectivity index is 2.05. The van der Waals surface area contributed by atoms with E-state index in [-0.39, 0.29) is 12.3 Å². The van der Waals surface area contributed by atoms with Crippen molar-refractivity contribution in [2.24, 2.45) is 0 Å². The molecule has 0 aliphatic carbocycles. The first-order valence-electron chi connectivity index (χ1n) is 6.57. The van der Waals surface area contributed by atoms with Crippen LogP contribution in [-0.4, -0.2) is 22.0 Å². The fourth-order valence-electron chi connectivity index (χ4n) is 1.61. The number of hydrogen-bond donors (Lipinski definition) is 1. The highest BCUT2D eigenvalue weighted by atomic mass is 79.9. The lowest BCUT2D eigenvalue weighted by molar-refractivity contribution is 0.0941. The van der Waals surface area contributed by atoms with Crippen molar-refractivity contribution in [2.45, 2.75) is 19.7 Å². The summed E-state index contributed by atoms with van der Waals surface area (Å²) in [5, 5.41) is 2.85. The largest absolute Gasteiger partial charge is 0.473 e. The zero-order valence-corrected chi connectivity index (χ0v) is 14.4. The molecule has 0 spiro atoms. The van der Waals surface area contributed by atoms with Gasteiger partial charge in [0, 0.05) is 24.8 Å². The van der Waals surface area contributed by atoms with Gasteiger partial charge in [-0.25, -0.2) is 11.6 Å². The number of hydrogen-bond acceptors (Lipinski definition) is 4. The van der Waals surface area contributed by atoms with Crippen molar-refractivity contribution in [3.8, 4) is 5.88 Å². The lowest BCUT2D eigenvalue weighted by atomic mass is 10.2. The molecule has 1 N–H and O–H groups in total. The van der Waals surface area contributed by atoms with Gasteiger partial charge in [0.15, 0.2) is 0 Å². The van der Waals surface area contributed by atoms with Crippen LogP contribution >= 0.6 is 27.5 Å². The van der Waals surface area contributed by atoms with Crippen LogP contribution < -0.4 is 10.1 Å². The van der Waals surface area contributed by atoms with E-state index in [1.807, 2.05) is 0 Å². The minimum Gasteiger partial charge on any atom is -0.473 e. The lowest BCUT2D eigenvalue weighted by Gasteiger charge is -2.08. The Kier molecular flexibility index (Phi) is 5.90. The fraction of sp³-hybridized carbons (Fsp3) is 0.200. The van der Waals surface area contributed by atoms with E-state index < -0.39 is 12.1 Å². The number of carbonyl (C=O) groups is 1. The monoisotopic (exact) mass is 394 g/mol. The van der Waals surface area contributed by atoms with Crippen molar-refractivity contribution in [2.75, 3.05) is 0 Å². The van der Waals surface area contributed by atoms with Crippen LogP contribution in [0.25, 0.3) is 4.85 Å². The number of ether oxygens (including phenoxy) is 1. The summed E-state index contributed by atoms with van der Waals surface area (Å²) < 4.78 is 6.20. The number of aromatic nitrogens is 2. The normalized spacial score (nSPS) is 11.4. The summed E-state index contributed by atoms with van der Waals surface area (Å²) in [6.45, 7) is 8.59. The van der Waals surface area contributed by atoms with Gasteiger partial charge in [0.05, 0.1) is 5.02 Å². The van der Waals surface area contributed by atoms with Crippen molar-refractivity contribution in [1.29, 1.82) is 0 Å². The van der Waals surface area contributed by atoms with Crippen molar-refractivity contribution in [3.63, 3.8) is 0 Å². The molecule has 23 heavy (non-hydrogen) atoms. The second-order valence-electron chi connectivity index (χ2n) is 4.53. The van der Waals surface area contributed by atoms with Crippen LogP contribution in [0.1, 0.15) is 23.0 Å². The zero-order chi connectivity index (χ0) is 16.8. The minimum absolute atomic E-state index is 0.148. The van der Waals surface area contributed by atoms with Gasteiger partial charge in [-0.1, -0.05) is 17.7 Å². The maximum absolute atomic E-state index is 11.9. The maximum Gasteiger partial charge on any atom is 0.295 e. The van der Waals surface area contributed by atoms with E-state index in [2.05, 4.69) is 36.1 Å². The number of amides is 1. The second-order valence-corrected chi connectivity index (χ2v) is 5.75. The van der Waals surface area contributed by atoms with Crippen LogP contribution in [0.4, 0.5) is 0 Å². The summed E-state index contributed by atoms with van der Waals surface area (Å²) in [5.41, 5.74) is 0.776. The fourth-order valence-corrected chi connectivity index (χ4v) is 2.14. The smallest absolute Gasteiger partial charge is 0.295 e. The van der Waals surface area contributed by atoms with Crippen molar-refractivity contribution in [1.82, 2.24) is 15.3 Å². The third-order valence-corrected chi connectivity index (χ3v) is 3.55. The summed E-state index contributed by atoms with van der Waals surface area (Å²) in [7, 11) is 0. The van der Waals surface area contributed by atoms with Crippen molar-refractivity contribution in [3.05, 3.63) is 62.8 Å². The molecular formula is C15H12BrClN4O2. The van der Waals surface area contributed by atoms with Gasteiger partial charge < -0.3 is 4.74 Å². The Morgan fingerprint density at radius 3 is 3.00 bits per heavy atom. The van der Waals surface area contributed by atoms with Gasteiger partial charge in [-0.3, -0.25) is 19.9 Å². The molecule has 0 aliphatic rings. The Morgan fingerprint density at radius 2 is 2.35 bits per heavy atom. The Bertz CT molecular complexity index is 763. The van der Waals surface area contributed by atoms with E-state index in [0.29, 0.717) is 21.1 Å². The van der Waals surface area contributed by atoms with E-state index in [1.165, 1.54) is 12.3 Å². The third kappa shape index (κ3) is 4.91. The summed E-state index contributed by atoms with van der Waals surface area (Å²) >= 11 is 9.41. The van der Waals surface area contributed by atoms with Gasteiger partial charge in [0.25, 0.3) is 12.1 Å². The second kappa shape index (κ2) is 7.90. The molecule has 1 atom stereocenters. The van der Waals surface area contributed by atoms with Crippen molar-refractivity contribution < 1.29 is 9.53 Å². The van der Waals surface area contributed by atoms with Gasteiger partial charge in [-0.05, 0) is 28.1 Å². The molecule has 0 aliphatic heterocycles. The van der Waals surface area contributed by atoms with Crippen LogP contribution in [-0.2, 0) is 6.61 Å². The summed E-state index contributed by atoms with van der Waals surface area (Å²) in [6.07, 6.45) is 0.853. The Hall–Kier alpha value is -2.17. The molecule has 2 aromatic rings. The number of rotatable bonds is 5. The SMILES string of the molecule is [C-]#[N+][C@H](C)NC(=O)c1cc(Cl)c(COc2cccc(Br)n2)cn1. The molecule has 2 aromatic heterocycles. The highest BCUT2D eigenvalue weighted by Gasteiger charge is 2.15. The van der Waals surface area contributed by atoms with Gasteiger partial charge in [-0.2, -0.15) is 0 Å². The first kappa shape index (κ1) is 17.2. The average Bonchev–Trinajstić information content (AvgIpc) is 2.53. The number of nitrogens with zero attached hydrogens (tertiary/aromatic N) is 3. The van der Waals surface area contributed by atoms with Crippen LogP contribution in [0.15, 0.2) is 35.1 Å². The van der Waals surface area contributed by atoms with Crippen LogP contribution in [0.2, 0.25) is 5.02 Å². The maximum atomic E-state index is 11.9. The molecule has 0 bridgehead atoms. The first-order valence-corrected chi connectivity index (χ1v) is 7.74. The van der Waals surface area contributed by atoms with E-state index in [4.69, 9.17) is 22.9 Å². The molecule has 0 fully saturated rings. The summed E-state index contributed by atoms with van der Waals surface area (Å²) in [5.74, 6) is -0.000307. The van der Waals surface area contributed by atoms with E-state index in [0.717, 1.165) is 0 Å². The van der Waals surface area contributed by atoms with E-state index in [9.17, 15) is 4.79 Å². The van der Waals surface area contributed by atoms with E-state index >= 15 is 0 Å². The third-order valence-electron chi connectivity index (χ3n) is 2.76. The first-order chi connectivity index (χ1) is 11.0. The molecule has 0 saturated heterocycles. The predicted molar refractivity (Wildman–Crippen MR) is 89.0 cm³/mol. The molecule has 0 radical (unpaired) electrons. The van der Waals surface area contributed by atoms with Gasteiger partial charge in [0.2, 0.25) is 5.88 Å². The summed E-state index contributed by atoms with van der Waals surface area (Å²) in [4.78, 5) is 23.3. The predicted octanol–water partition coefficient (Wildman–Crippen LogP) is 3.47. The molecule has 118 valence electrons. The highest BCUT2D eigenvalue weighted by Crippen LogP contribution is 2.19. The highest BCUT2D eigenvalue weighted by molar-refractivity contribution is 9.10. The number of halogens is 2. The topological polar surface area (TPSA) is 68.5 Å². The average molecular weight is 396 g/mol.